The van der Waals surface area contributed by atoms with E-state index in [4.69, 9.17) is 14.2 Å². The summed E-state index contributed by atoms with van der Waals surface area (Å²) < 4.78 is 16.6. The number of fused-ring (bicyclic) bond motifs is 2. The molecule has 1 aliphatic rings. The second-order valence-electron chi connectivity index (χ2n) is 8.08. The van der Waals surface area contributed by atoms with Gasteiger partial charge >= 0.3 is 6.09 Å². The highest BCUT2D eigenvalue weighted by Gasteiger charge is 2.15. The summed E-state index contributed by atoms with van der Waals surface area (Å²) >= 11 is 0. The molecule has 2 amide bonds. The van der Waals surface area contributed by atoms with E-state index in [1.807, 2.05) is 62.4 Å². The fraction of sp³-hybridized carbons (Fsp3) is 0.250. The van der Waals surface area contributed by atoms with Crippen LogP contribution in [-0.2, 0) is 22.6 Å². The van der Waals surface area contributed by atoms with E-state index in [9.17, 15) is 9.59 Å². The smallest absolute Gasteiger partial charge is 0.411 e. The number of benzene rings is 3. The van der Waals surface area contributed by atoms with Gasteiger partial charge in [0, 0.05) is 17.5 Å². The highest BCUT2D eigenvalue weighted by atomic mass is 16.5. The molecule has 0 fully saturated rings. The molecule has 3 N–H and O–H groups in total. The van der Waals surface area contributed by atoms with Crippen LogP contribution in [0.3, 0.4) is 0 Å². The van der Waals surface area contributed by atoms with Crippen molar-refractivity contribution in [1.82, 2.24) is 10.2 Å². The average Bonchev–Trinajstić information content (AvgIpc) is 3.15. The van der Waals surface area contributed by atoms with E-state index in [1.54, 1.807) is 18.2 Å². The van der Waals surface area contributed by atoms with Gasteiger partial charge in [0.2, 0.25) is 5.91 Å². The van der Waals surface area contributed by atoms with Crippen LogP contribution in [0.2, 0.25) is 0 Å². The summed E-state index contributed by atoms with van der Waals surface area (Å²) in [5.74, 6) is 1.48. The van der Waals surface area contributed by atoms with Crippen molar-refractivity contribution < 1.29 is 23.8 Å². The molecule has 2 heterocycles. The van der Waals surface area contributed by atoms with E-state index in [0.717, 1.165) is 23.1 Å². The van der Waals surface area contributed by atoms with E-state index >= 15 is 0 Å². The highest BCUT2D eigenvalue weighted by Crippen LogP contribution is 2.31. The normalized spacial score (nSPS) is 12.1. The molecular formula is C28H30N4O5. The van der Waals surface area contributed by atoms with Crippen molar-refractivity contribution in [3.63, 3.8) is 0 Å². The van der Waals surface area contributed by atoms with E-state index in [2.05, 4.69) is 20.8 Å². The minimum absolute atomic E-state index is 0.148. The number of ether oxygens (including phenoxy) is 3. The second kappa shape index (κ2) is 12.4. The zero-order chi connectivity index (χ0) is 26.0. The molecule has 9 heteroatoms. The van der Waals surface area contributed by atoms with Gasteiger partial charge in [-0.3, -0.25) is 15.2 Å². The van der Waals surface area contributed by atoms with Crippen LogP contribution in [0.5, 0.6) is 11.5 Å². The molecule has 37 heavy (non-hydrogen) atoms. The monoisotopic (exact) mass is 502 g/mol. The first kappa shape index (κ1) is 25.6. The Morgan fingerprint density at radius 3 is 2.51 bits per heavy atom. The van der Waals surface area contributed by atoms with Gasteiger partial charge in [0.25, 0.3) is 0 Å². The number of rotatable bonds is 6. The van der Waals surface area contributed by atoms with E-state index < -0.39 is 6.09 Å². The summed E-state index contributed by atoms with van der Waals surface area (Å²) in [6.07, 6.45) is 0.393. The third-order valence-corrected chi connectivity index (χ3v) is 5.46. The quantitative estimate of drug-likeness (QED) is 0.313. The molecule has 5 rings (SSSR count). The van der Waals surface area contributed by atoms with Gasteiger partial charge in [-0.1, -0.05) is 50.2 Å². The number of nitrogens with one attached hydrogen (secondary N) is 3. The lowest BCUT2D eigenvalue weighted by molar-refractivity contribution is -0.115. The number of H-pyrrole nitrogens is 1. The molecule has 4 aromatic rings. The Morgan fingerprint density at radius 1 is 0.919 bits per heavy atom. The van der Waals surface area contributed by atoms with Gasteiger partial charge in [-0.25, -0.2) is 4.79 Å². The van der Waals surface area contributed by atoms with Crippen LogP contribution in [0.1, 0.15) is 31.4 Å². The molecule has 0 saturated heterocycles. The number of aromatic nitrogens is 2. The SMILES string of the molecule is CC.O=C(Cc1ccc2c(c1)OCCCO2)Nc1n[nH]c2ccc(NC(=O)OCc3ccccc3)cc12. The van der Waals surface area contributed by atoms with Gasteiger partial charge in [-0.05, 0) is 41.5 Å². The Bertz CT molecular complexity index is 1350. The number of aromatic amines is 1. The molecule has 1 aromatic heterocycles. The highest BCUT2D eigenvalue weighted by molar-refractivity contribution is 6.02. The zero-order valence-corrected chi connectivity index (χ0v) is 20.9. The van der Waals surface area contributed by atoms with Crippen LogP contribution in [0.4, 0.5) is 16.3 Å². The number of anilines is 2. The Labute approximate surface area is 215 Å². The molecule has 0 bridgehead atoms. The Kier molecular flexibility index (Phi) is 8.59. The van der Waals surface area contributed by atoms with Crippen molar-refractivity contribution in [2.24, 2.45) is 0 Å². The van der Waals surface area contributed by atoms with Crippen molar-refractivity contribution in [2.75, 3.05) is 23.8 Å². The van der Waals surface area contributed by atoms with Crippen LogP contribution in [0, 0.1) is 0 Å². The van der Waals surface area contributed by atoms with Crippen LogP contribution >= 0.6 is 0 Å². The number of carbonyl (C=O) groups excluding carboxylic acids is 2. The van der Waals surface area contributed by atoms with Gasteiger partial charge in [0.1, 0.15) is 6.61 Å². The van der Waals surface area contributed by atoms with Gasteiger partial charge in [-0.2, -0.15) is 5.10 Å². The minimum Gasteiger partial charge on any atom is -0.490 e. The van der Waals surface area contributed by atoms with Crippen LogP contribution < -0.4 is 20.1 Å². The molecular weight excluding hydrogens is 472 g/mol. The van der Waals surface area contributed by atoms with Crippen molar-refractivity contribution in [3.05, 3.63) is 77.9 Å². The molecule has 3 aromatic carbocycles. The van der Waals surface area contributed by atoms with Gasteiger partial charge < -0.3 is 19.5 Å². The minimum atomic E-state index is -0.573. The van der Waals surface area contributed by atoms with Crippen molar-refractivity contribution in [1.29, 1.82) is 0 Å². The van der Waals surface area contributed by atoms with Gasteiger partial charge in [0.05, 0.1) is 25.2 Å². The molecule has 0 aliphatic carbocycles. The predicted molar refractivity (Wildman–Crippen MR) is 142 cm³/mol. The molecule has 0 unspecified atom stereocenters. The van der Waals surface area contributed by atoms with Crippen LogP contribution in [0.25, 0.3) is 10.9 Å². The predicted octanol–water partition coefficient (Wildman–Crippen LogP) is 5.68. The molecule has 1 aliphatic heterocycles. The van der Waals surface area contributed by atoms with E-state index in [1.165, 1.54) is 0 Å². The Morgan fingerprint density at radius 2 is 1.70 bits per heavy atom. The molecule has 192 valence electrons. The average molecular weight is 503 g/mol. The summed E-state index contributed by atoms with van der Waals surface area (Å²) in [7, 11) is 0. The second-order valence-corrected chi connectivity index (χ2v) is 8.08. The van der Waals surface area contributed by atoms with Crippen LogP contribution in [0.15, 0.2) is 66.7 Å². The molecule has 0 radical (unpaired) electrons. The zero-order valence-electron chi connectivity index (χ0n) is 20.9. The molecule has 9 nitrogen and oxygen atoms in total. The number of amides is 2. The Hall–Kier alpha value is -4.53. The van der Waals surface area contributed by atoms with Crippen molar-refractivity contribution in [3.8, 4) is 11.5 Å². The molecule has 0 spiro atoms. The lowest BCUT2D eigenvalue weighted by Gasteiger charge is -2.09. The number of carbonyl (C=O) groups is 2. The fourth-order valence-electron chi connectivity index (χ4n) is 3.74. The number of hydrogen-bond acceptors (Lipinski definition) is 6. The van der Waals surface area contributed by atoms with Gasteiger partial charge in [-0.15, -0.1) is 0 Å². The maximum Gasteiger partial charge on any atom is 0.411 e. The third kappa shape index (κ3) is 6.78. The summed E-state index contributed by atoms with van der Waals surface area (Å²) in [6.45, 7) is 5.36. The maximum atomic E-state index is 12.7. The largest absolute Gasteiger partial charge is 0.490 e. The topological polar surface area (TPSA) is 115 Å². The molecule has 0 atom stereocenters. The number of nitrogens with zero attached hydrogens (tertiary/aromatic N) is 1. The van der Waals surface area contributed by atoms with Crippen molar-refractivity contribution >= 4 is 34.4 Å². The lowest BCUT2D eigenvalue weighted by Crippen LogP contribution is -2.15. The van der Waals surface area contributed by atoms with Crippen molar-refractivity contribution in [2.45, 2.75) is 33.3 Å². The van der Waals surface area contributed by atoms with Crippen LogP contribution in [-0.4, -0.2) is 35.4 Å². The summed E-state index contributed by atoms with van der Waals surface area (Å²) in [4.78, 5) is 24.9. The summed E-state index contributed by atoms with van der Waals surface area (Å²) in [5, 5.41) is 13.3. The lowest BCUT2D eigenvalue weighted by atomic mass is 10.1. The summed E-state index contributed by atoms with van der Waals surface area (Å²) in [6, 6.07) is 20.2. The first-order valence-corrected chi connectivity index (χ1v) is 12.3. The maximum absolute atomic E-state index is 12.7. The number of hydrogen-bond donors (Lipinski definition) is 3. The van der Waals surface area contributed by atoms with E-state index in [-0.39, 0.29) is 18.9 Å². The first-order chi connectivity index (χ1) is 18.1. The van der Waals surface area contributed by atoms with Gasteiger partial charge in [0.15, 0.2) is 17.3 Å². The standard InChI is InChI=1S/C26H24N4O5.C2H6/c31-24(14-18-7-10-22-23(13-18)34-12-4-11-33-22)28-25-20-15-19(8-9-21(20)29-30-25)27-26(32)35-16-17-5-2-1-3-6-17;1-2/h1-3,5-10,13,15H,4,11-12,14,16H2,(H,27,32)(H2,28,29,30,31);1-2H3. The third-order valence-electron chi connectivity index (χ3n) is 5.46. The summed E-state index contributed by atoms with van der Waals surface area (Å²) in [5.41, 5.74) is 2.94. The Balaban J connectivity index is 0.00000156. The fourth-order valence-corrected chi connectivity index (χ4v) is 3.74. The first-order valence-electron chi connectivity index (χ1n) is 12.3. The molecule has 0 saturated carbocycles. The van der Waals surface area contributed by atoms with E-state index in [0.29, 0.717) is 41.6 Å².